The summed E-state index contributed by atoms with van der Waals surface area (Å²) in [5.41, 5.74) is 0. The Labute approximate surface area is 93.5 Å². The molecular formula is C9H7BrN2OS. The van der Waals surface area contributed by atoms with E-state index >= 15 is 0 Å². The Morgan fingerprint density at radius 1 is 1.64 bits per heavy atom. The molecule has 2 aromatic rings. The van der Waals surface area contributed by atoms with Crippen LogP contribution in [0.2, 0.25) is 0 Å². The van der Waals surface area contributed by atoms with E-state index in [-0.39, 0.29) is 0 Å². The largest absolute Gasteiger partial charge is 0.324 e. The van der Waals surface area contributed by atoms with Gasteiger partial charge in [0.2, 0.25) is 0 Å². The molecule has 2 heterocycles. The fourth-order valence-electron chi connectivity index (χ4n) is 1.18. The van der Waals surface area contributed by atoms with Crippen molar-refractivity contribution >= 4 is 33.6 Å². The molecule has 0 aliphatic carbocycles. The van der Waals surface area contributed by atoms with Gasteiger partial charge in [-0.2, -0.15) is 0 Å². The van der Waals surface area contributed by atoms with Crippen molar-refractivity contribution in [1.29, 1.82) is 0 Å². The van der Waals surface area contributed by atoms with Crippen molar-refractivity contribution in [3.8, 4) is 0 Å². The summed E-state index contributed by atoms with van der Waals surface area (Å²) in [6.07, 6.45) is 4.20. The summed E-state index contributed by atoms with van der Waals surface area (Å²) in [6.45, 7) is 0.699. The Kier molecular flexibility index (Phi) is 2.79. The molecule has 0 atom stereocenters. The van der Waals surface area contributed by atoms with Crippen LogP contribution in [0.4, 0.5) is 0 Å². The van der Waals surface area contributed by atoms with Crippen LogP contribution in [0, 0.1) is 0 Å². The summed E-state index contributed by atoms with van der Waals surface area (Å²) in [5, 5.41) is 2.02. The number of rotatable bonds is 3. The van der Waals surface area contributed by atoms with Crippen LogP contribution in [-0.4, -0.2) is 15.8 Å². The van der Waals surface area contributed by atoms with Crippen molar-refractivity contribution in [2.45, 2.75) is 6.54 Å². The molecule has 0 saturated heterocycles. The van der Waals surface area contributed by atoms with Gasteiger partial charge in [-0.3, -0.25) is 4.79 Å². The number of aromatic nitrogens is 2. The maximum Gasteiger partial charge on any atom is 0.185 e. The first kappa shape index (κ1) is 9.61. The highest BCUT2D eigenvalue weighted by molar-refractivity contribution is 9.10. The fourth-order valence-corrected chi connectivity index (χ4v) is 2.63. The number of carbonyl (C=O) groups is 1. The average Bonchev–Trinajstić information content (AvgIpc) is 2.76. The summed E-state index contributed by atoms with van der Waals surface area (Å²) in [6, 6.07) is 2.04. The number of aldehydes is 1. The first-order chi connectivity index (χ1) is 6.79. The van der Waals surface area contributed by atoms with Crippen molar-refractivity contribution in [3.05, 3.63) is 39.0 Å². The minimum absolute atomic E-state index is 0.467. The molecule has 0 aliphatic heterocycles. The van der Waals surface area contributed by atoms with Crippen LogP contribution in [0.3, 0.4) is 0 Å². The van der Waals surface area contributed by atoms with Gasteiger partial charge in [-0.05, 0) is 22.0 Å². The predicted octanol–water partition coefficient (Wildman–Crippen LogP) is 2.57. The molecule has 0 unspecified atom stereocenters. The number of hydrogen-bond acceptors (Lipinski definition) is 3. The standard InChI is InChI=1S/C9H7BrN2OS/c10-7-3-8(14-6-7)4-12-2-1-11-9(12)5-13/h1-3,5-6H,4H2. The van der Waals surface area contributed by atoms with Gasteiger partial charge in [-0.15, -0.1) is 11.3 Å². The van der Waals surface area contributed by atoms with E-state index < -0.39 is 0 Å². The van der Waals surface area contributed by atoms with Gasteiger partial charge >= 0.3 is 0 Å². The zero-order chi connectivity index (χ0) is 9.97. The van der Waals surface area contributed by atoms with E-state index in [4.69, 9.17) is 0 Å². The van der Waals surface area contributed by atoms with E-state index in [1.54, 1.807) is 23.7 Å². The zero-order valence-electron chi connectivity index (χ0n) is 7.18. The molecule has 5 heteroatoms. The lowest BCUT2D eigenvalue weighted by Crippen LogP contribution is -2.01. The third kappa shape index (κ3) is 1.93. The van der Waals surface area contributed by atoms with Gasteiger partial charge in [0.25, 0.3) is 0 Å². The first-order valence-corrected chi connectivity index (χ1v) is 5.66. The van der Waals surface area contributed by atoms with Gasteiger partial charge in [-0.25, -0.2) is 4.98 Å². The van der Waals surface area contributed by atoms with Gasteiger partial charge in [0.1, 0.15) is 0 Å². The molecule has 0 saturated carbocycles. The smallest absolute Gasteiger partial charge is 0.185 e. The Morgan fingerprint density at radius 2 is 2.50 bits per heavy atom. The van der Waals surface area contributed by atoms with E-state index in [0.29, 0.717) is 12.4 Å². The van der Waals surface area contributed by atoms with Crippen LogP contribution in [0.25, 0.3) is 0 Å². The van der Waals surface area contributed by atoms with Crippen molar-refractivity contribution in [2.75, 3.05) is 0 Å². The lowest BCUT2D eigenvalue weighted by Gasteiger charge is -2.00. The van der Waals surface area contributed by atoms with Gasteiger partial charge in [0, 0.05) is 27.1 Å². The molecule has 0 spiro atoms. The number of carbonyl (C=O) groups excluding carboxylic acids is 1. The second kappa shape index (κ2) is 4.06. The monoisotopic (exact) mass is 270 g/mol. The Bertz CT molecular complexity index is 449. The van der Waals surface area contributed by atoms with E-state index in [9.17, 15) is 4.79 Å². The van der Waals surface area contributed by atoms with Gasteiger partial charge in [0.15, 0.2) is 12.1 Å². The number of nitrogens with zero attached hydrogens (tertiary/aromatic N) is 2. The van der Waals surface area contributed by atoms with Crippen LogP contribution in [0.5, 0.6) is 0 Å². The minimum atomic E-state index is 0.467. The van der Waals surface area contributed by atoms with Crippen LogP contribution >= 0.6 is 27.3 Å². The highest BCUT2D eigenvalue weighted by atomic mass is 79.9. The molecule has 0 fully saturated rings. The quantitative estimate of drug-likeness (QED) is 0.804. The molecule has 0 radical (unpaired) electrons. The molecule has 2 aromatic heterocycles. The Hall–Kier alpha value is -0.940. The molecule has 2 rings (SSSR count). The molecule has 0 aromatic carbocycles. The predicted molar refractivity (Wildman–Crippen MR) is 58.7 cm³/mol. The number of halogens is 1. The van der Waals surface area contributed by atoms with E-state index in [2.05, 4.69) is 20.9 Å². The lowest BCUT2D eigenvalue weighted by atomic mass is 10.4. The third-order valence-electron chi connectivity index (χ3n) is 1.80. The number of imidazole rings is 1. The number of thiophene rings is 1. The van der Waals surface area contributed by atoms with Crippen LogP contribution < -0.4 is 0 Å². The second-order valence-electron chi connectivity index (χ2n) is 2.76. The molecule has 3 nitrogen and oxygen atoms in total. The summed E-state index contributed by atoms with van der Waals surface area (Å²) < 4.78 is 2.90. The zero-order valence-corrected chi connectivity index (χ0v) is 9.59. The normalized spacial score (nSPS) is 10.4. The Morgan fingerprint density at radius 3 is 3.14 bits per heavy atom. The molecule has 0 bridgehead atoms. The maximum absolute atomic E-state index is 10.6. The first-order valence-electron chi connectivity index (χ1n) is 3.99. The van der Waals surface area contributed by atoms with Crippen molar-refractivity contribution in [3.63, 3.8) is 0 Å². The van der Waals surface area contributed by atoms with Crippen LogP contribution in [0.1, 0.15) is 15.5 Å². The lowest BCUT2D eigenvalue weighted by molar-refractivity contribution is 0.111. The van der Waals surface area contributed by atoms with Gasteiger partial charge < -0.3 is 4.57 Å². The van der Waals surface area contributed by atoms with Crippen LogP contribution in [0.15, 0.2) is 28.3 Å². The van der Waals surface area contributed by atoms with Crippen molar-refractivity contribution in [2.24, 2.45) is 0 Å². The van der Waals surface area contributed by atoms with Crippen molar-refractivity contribution in [1.82, 2.24) is 9.55 Å². The molecule has 14 heavy (non-hydrogen) atoms. The SMILES string of the molecule is O=Cc1nccn1Cc1cc(Br)cs1. The topological polar surface area (TPSA) is 34.9 Å². The molecule has 0 amide bonds. The average molecular weight is 271 g/mol. The number of hydrogen-bond donors (Lipinski definition) is 0. The maximum atomic E-state index is 10.6. The summed E-state index contributed by atoms with van der Waals surface area (Å²) in [4.78, 5) is 15.7. The minimum Gasteiger partial charge on any atom is -0.324 e. The molecule has 0 N–H and O–H groups in total. The van der Waals surface area contributed by atoms with E-state index in [0.717, 1.165) is 10.8 Å². The summed E-state index contributed by atoms with van der Waals surface area (Å²) in [7, 11) is 0. The summed E-state index contributed by atoms with van der Waals surface area (Å²) in [5.74, 6) is 0.467. The van der Waals surface area contributed by atoms with E-state index in [1.165, 1.54) is 4.88 Å². The van der Waals surface area contributed by atoms with Gasteiger partial charge in [0.05, 0.1) is 6.54 Å². The summed E-state index contributed by atoms with van der Waals surface area (Å²) >= 11 is 5.04. The highest BCUT2D eigenvalue weighted by Gasteiger charge is 2.03. The van der Waals surface area contributed by atoms with E-state index in [1.807, 2.05) is 16.0 Å². The molecular weight excluding hydrogens is 264 g/mol. The second-order valence-corrected chi connectivity index (χ2v) is 4.67. The van der Waals surface area contributed by atoms with Crippen LogP contribution in [-0.2, 0) is 6.54 Å². The fraction of sp³-hybridized carbons (Fsp3) is 0.111. The van der Waals surface area contributed by atoms with Crippen molar-refractivity contribution < 1.29 is 4.79 Å². The highest BCUT2D eigenvalue weighted by Crippen LogP contribution is 2.20. The Balaban J connectivity index is 2.22. The molecule has 0 aliphatic rings. The van der Waals surface area contributed by atoms with Gasteiger partial charge in [-0.1, -0.05) is 0 Å². The third-order valence-corrected chi connectivity index (χ3v) is 3.48. The molecule has 72 valence electrons.